The number of benzene rings is 2. The predicted octanol–water partition coefficient (Wildman–Crippen LogP) is 3.45. The van der Waals surface area contributed by atoms with Crippen LogP contribution in [0.15, 0.2) is 48.9 Å². The zero-order valence-corrected chi connectivity index (χ0v) is 24.5. The Kier molecular flexibility index (Phi) is 9.54. The van der Waals surface area contributed by atoms with Crippen LogP contribution >= 0.6 is 11.3 Å². The van der Waals surface area contributed by atoms with Crippen molar-refractivity contribution >= 4 is 44.6 Å². The van der Waals surface area contributed by atoms with Gasteiger partial charge >= 0.3 is 0 Å². The smallest absolute Gasteiger partial charge is 0.180 e. The van der Waals surface area contributed by atoms with Gasteiger partial charge in [0.1, 0.15) is 25.4 Å². The van der Waals surface area contributed by atoms with Crippen LogP contribution in [-0.2, 0) is 22.3 Å². The van der Waals surface area contributed by atoms with Crippen molar-refractivity contribution in [2.24, 2.45) is 11.6 Å². The maximum Gasteiger partial charge on any atom is 0.180 e. The highest BCUT2D eigenvalue weighted by molar-refractivity contribution is 7.15. The standard InChI is InChI=1S/C29H36N8O4S/c1-38-8-10-40-25-14-21-24(15-26(25)41-11-9-39-2)33-17-34-28(21)35-19-5-3-4-18(12-19)22(30)16-37(32)20-6-7-23-27(13-20)42-29(31)36-23/h3-5,12,14-17,20H,6-11,13,30,32H2,1-2H3,(H2,31,36)(H,33,34,35)/b22-16-. The lowest BCUT2D eigenvalue weighted by atomic mass is 9.97. The fraction of sp³-hybridized carbons (Fsp3) is 0.345. The van der Waals surface area contributed by atoms with Crippen molar-refractivity contribution in [3.63, 3.8) is 0 Å². The molecule has 0 saturated heterocycles. The molecule has 0 bridgehead atoms. The average molecular weight is 593 g/mol. The molecule has 1 unspecified atom stereocenters. The van der Waals surface area contributed by atoms with E-state index in [0.717, 1.165) is 41.6 Å². The predicted molar refractivity (Wildman–Crippen MR) is 165 cm³/mol. The van der Waals surface area contributed by atoms with Crippen LogP contribution < -0.4 is 32.1 Å². The van der Waals surface area contributed by atoms with E-state index in [1.54, 1.807) is 25.4 Å². The zero-order chi connectivity index (χ0) is 29.5. The average Bonchev–Trinajstić information content (AvgIpc) is 3.37. The molecule has 0 amide bonds. The number of fused-ring (bicyclic) bond motifs is 2. The molecule has 0 radical (unpaired) electrons. The molecule has 12 nitrogen and oxygen atoms in total. The lowest BCUT2D eigenvalue weighted by Crippen LogP contribution is -2.40. The van der Waals surface area contributed by atoms with Gasteiger partial charge in [0.15, 0.2) is 16.6 Å². The number of nitrogen functional groups attached to an aromatic ring is 1. The first-order valence-electron chi connectivity index (χ1n) is 13.6. The Morgan fingerprint density at radius 3 is 2.60 bits per heavy atom. The third-order valence-corrected chi connectivity index (χ3v) is 7.84. The van der Waals surface area contributed by atoms with E-state index in [2.05, 4.69) is 20.3 Å². The van der Waals surface area contributed by atoms with Crippen LogP contribution in [0.2, 0.25) is 0 Å². The Labute approximate surface area is 248 Å². The SMILES string of the molecule is COCCOc1cc2ncnc(Nc3cccc(/C(N)=C/N(N)C4CCc5nc(N)sc5C4)c3)c2cc1OCCOC. The molecule has 0 fully saturated rings. The van der Waals surface area contributed by atoms with Gasteiger partial charge in [0.2, 0.25) is 0 Å². The largest absolute Gasteiger partial charge is 0.487 e. The summed E-state index contributed by atoms with van der Waals surface area (Å²) in [5.74, 6) is 8.19. The molecule has 5 rings (SSSR count). The van der Waals surface area contributed by atoms with Crippen molar-refractivity contribution in [1.29, 1.82) is 0 Å². The number of methoxy groups -OCH3 is 2. The fourth-order valence-electron chi connectivity index (χ4n) is 4.74. The maximum atomic E-state index is 6.51. The molecule has 222 valence electrons. The first-order valence-corrected chi connectivity index (χ1v) is 14.4. The molecule has 2 aromatic heterocycles. The number of ether oxygens (including phenoxy) is 4. The second kappa shape index (κ2) is 13.7. The van der Waals surface area contributed by atoms with Crippen molar-refractivity contribution < 1.29 is 18.9 Å². The quantitative estimate of drug-likeness (QED) is 0.101. The first kappa shape index (κ1) is 29.3. The number of nitrogens with two attached hydrogens (primary N) is 3. The molecule has 1 aliphatic carbocycles. The molecule has 2 heterocycles. The second-order valence-corrected chi connectivity index (χ2v) is 10.9. The molecule has 2 aromatic carbocycles. The van der Waals surface area contributed by atoms with Crippen molar-refractivity contribution in [2.45, 2.75) is 25.3 Å². The molecular weight excluding hydrogens is 556 g/mol. The summed E-state index contributed by atoms with van der Waals surface area (Å²) in [4.78, 5) is 14.6. The summed E-state index contributed by atoms with van der Waals surface area (Å²) >= 11 is 1.53. The molecule has 0 saturated carbocycles. The topological polar surface area (TPSA) is 169 Å². The summed E-state index contributed by atoms with van der Waals surface area (Å²) in [6.07, 6.45) is 5.82. The molecule has 7 N–H and O–H groups in total. The number of hydrogen-bond acceptors (Lipinski definition) is 13. The highest BCUT2D eigenvalue weighted by Crippen LogP contribution is 2.35. The van der Waals surface area contributed by atoms with Gasteiger partial charge in [-0.25, -0.2) is 20.8 Å². The molecule has 1 atom stereocenters. The third-order valence-electron chi connectivity index (χ3n) is 6.89. The fourth-order valence-corrected chi connectivity index (χ4v) is 5.69. The van der Waals surface area contributed by atoms with Crippen LogP contribution in [0.1, 0.15) is 22.6 Å². The van der Waals surface area contributed by atoms with Gasteiger partial charge in [-0.3, -0.25) is 0 Å². The molecule has 1 aliphatic rings. The normalized spacial score (nSPS) is 14.9. The lowest BCUT2D eigenvalue weighted by molar-refractivity contribution is 0.132. The number of nitrogens with zero attached hydrogens (tertiary/aromatic N) is 4. The van der Waals surface area contributed by atoms with Crippen molar-refractivity contribution in [3.05, 3.63) is 65.1 Å². The molecule has 13 heteroatoms. The monoisotopic (exact) mass is 592 g/mol. The summed E-state index contributed by atoms with van der Waals surface area (Å²) in [5, 5.41) is 6.47. The second-order valence-electron chi connectivity index (χ2n) is 9.78. The van der Waals surface area contributed by atoms with Crippen LogP contribution in [0.4, 0.5) is 16.6 Å². The number of nitrogens with one attached hydrogen (secondary N) is 1. The lowest BCUT2D eigenvalue weighted by Gasteiger charge is -2.29. The molecule has 4 aromatic rings. The Bertz CT molecular complexity index is 1550. The van der Waals surface area contributed by atoms with Gasteiger partial charge in [0.25, 0.3) is 0 Å². The van der Waals surface area contributed by atoms with Gasteiger partial charge in [-0.2, -0.15) is 0 Å². The summed E-state index contributed by atoms with van der Waals surface area (Å²) in [7, 11) is 3.25. The van der Waals surface area contributed by atoms with Gasteiger partial charge in [0.05, 0.1) is 30.1 Å². The van der Waals surface area contributed by atoms with E-state index in [-0.39, 0.29) is 6.04 Å². The van der Waals surface area contributed by atoms with Gasteiger partial charge in [-0.05, 0) is 31.0 Å². The summed E-state index contributed by atoms with van der Waals surface area (Å²) in [5.41, 5.74) is 16.4. The van der Waals surface area contributed by atoms with Crippen molar-refractivity contribution in [1.82, 2.24) is 20.0 Å². The number of rotatable bonds is 13. The zero-order valence-electron chi connectivity index (χ0n) is 23.7. The summed E-state index contributed by atoms with van der Waals surface area (Å²) < 4.78 is 22.1. The number of thiazole rings is 1. The van der Waals surface area contributed by atoms with Gasteiger partial charge in [0, 0.05) is 60.5 Å². The number of anilines is 3. The van der Waals surface area contributed by atoms with E-state index >= 15 is 0 Å². The minimum absolute atomic E-state index is 0.119. The first-order chi connectivity index (χ1) is 20.4. The Hall–Kier alpha value is -4.17. The number of hydrogen-bond donors (Lipinski definition) is 4. The summed E-state index contributed by atoms with van der Waals surface area (Å²) in [6.45, 7) is 1.63. The molecule has 0 aliphatic heterocycles. The van der Waals surface area contributed by atoms with Crippen molar-refractivity contribution in [3.8, 4) is 11.5 Å². The number of hydrazine groups is 1. The van der Waals surface area contributed by atoms with Gasteiger partial charge in [-0.15, -0.1) is 11.3 Å². The number of aromatic nitrogens is 3. The van der Waals surface area contributed by atoms with Crippen LogP contribution in [0.5, 0.6) is 11.5 Å². The van der Waals surface area contributed by atoms with E-state index < -0.39 is 0 Å². The van der Waals surface area contributed by atoms with Crippen LogP contribution in [0, 0.1) is 0 Å². The van der Waals surface area contributed by atoms with E-state index in [0.29, 0.717) is 60.1 Å². The number of aryl methyl sites for hydroxylation is 1. The van der Waals surface area contributed by atoms with E-state index in [4.69, 9.17) is 36.3 Å². The van der Waals surface area contributed by atoms with Crippen LogP contribution in [0.3, 0.4) is 0 Å². The minimum atomic E-state index is 0.119. The molecule has 42 heavy (non-hydrogen) atoms. The highest BCUT2D eigenvalue weighted by atomic mass is 32.1. The van der Waals surface area contributed by atoms with E-state index in [1.807, 2.05) is 36.4 Å². The summed E-state index contributed by atoms with van der Waals surface area (Å²) in [6, 6.07) is 11.6. The Balaban J connectivity index is 1.35. The van der Waals surface area contributed by atoms with Crippen molar-refractivity contribution in [2.75, 3.05) is 51.7 Å². The maximum absolute atomic E-state index is 6.51. The minimum Gasteiger partial charge on any atom is -0.487 e. The van der Waals surface area contributed by atoms with Crippen LogP contribution in [-0.4, -0.2) is 66.6 Å². The van der Waals surface area contributed by atoms with Gasteiger partial charge in [-0.1, -0.05) is 12.1 Å². The van der Waals surface area contributed by atoms with E-state index in [9.17, 15) is 0 Å². The molecular formula is C29H36N8O4S. The highest BCUT2D eigenvalue weighted by Gasteiger charge is 2.24. The van der Waals surface area contributed by atoms with E-state index in [1.165, 1.54) is 22.5 Å². The molecule has 0 spiro atoms. The van der Waals surface area contributed by atoms with Gasteiger partial charge < -0.3 is 40.7 Å². The third kappa shape index (κ3) is 6.99. The van der Waals surface area contributed by atoms with Crippen LogP contribution in [0.25, 0.3) is 16.6 Å². The Morgan fingerprint density at radius 1 is 1.07 bits per heavy atom. The Morgan fingerprint density at radius 2 is 1.83 bits per heavy atom.